The third-order valence-corrected chi connectivity index (χ3v) is 4.30. The normalized spacial score (nSPS) is 11.2. The Morgan fingerprint density at radius 1 is 1.15 bits per heavy atom. The average molecular weight is 298 g/mol. The Labute approximate surface area is 120 Å². The molecule has 0 aromatic heterocycles. The number of amides is 1. The zero-order valence-electron chi connectivity index (χ0n) is 12.2. The molecule has 0 heterocycles. The number of nitrogens with one attached hydrogen (secondary N) is 2. The summed E-state index contributed by atoms with van der Waals surface area (Å²) in [5.41, 5.74) is 1.87. The Bertz CT molecular complexity index is 568. The van der Waals surface area contributed by atoms with Crippen molar-refractivity contribution in [2.75, 3.05) is 15.8 Å². The lowest BCUT2D eigenvalue weighted by Crippen LogP contribution is -2.18. The summed E-state index contributed by atoms with van der Waals surface area (Å²) in [7, 11) is -3.33. The second kappa shape index (κ2) is 7.28. The van der Waals surface area contributed by atoms with E-state index >= 15 is 0 Å². The fraction of sp³-hybridized carbons (Fsp3) is 0.500. The molecule has 1 aromatic carbocycles. The highest BCUT2D eigenvalue weighted by atomic mass is 32.2. The van der Waals surface area contributed by atoms with Crippen molar-refractivity contribution in [2.24, 2.45) is 0 Å². The molecular weight excluding hydrogens is 276 g/mol. The van der Waals surface area contributed by atoms with Crippen molar-refractivity contribution >= 4 is 27.3 Å². The van der Waals surface area contributed by atoms with Crippen molar-refractivity contribution in [1.82, 2.24) is 0 Å². The van der Waals surface area contributed by atoms with Crippen LogP contribution in [0.4, 0.5) is 11.4 Å². The Morgan fingerprint density at radius 3 is 2.40 bits per heavy atom. The lowest BCUT2D eigenvalue weighted by molar-refractivity contribution is -0.116. The number of carbonyl (C=O) groups excluding carboxylic acids is 1. The van der Waals surface area contributed by atoms with Gasteiger partial charge in [0.1, 0.15) is 0 Å². The summed E-state index contributed by atoms with van der Waals surface area (Å²) in [4.78, 5) is 11.6. The van der Waals surface area contributed by atoms with E-state index in [1.54, 1.807) is 25.1 Å². The number of carbonyl (C=O) groups is 1. The summed E-state index contributed by atoms with van der Waals surface area (Å²) in [6, 6.07) is 5.18. The van der Waals surface area contributed by atoms with E-state index in [1.807, 2.05) is 13.8 Å². The van der Waals surface area contributed by atoms with Crippen LogP contribution >= 0.6 is 0 Å². The predicted octanol–water partition coefficient (Wildman–Crippen LogP) is 2.89. The third-order valence-electron chi connectivity index (χ3n) is 2.82. The van der Waals surface area contributed by atoms with E-state index in [-0.39, 0.29) is 11.7 Å². The fourth-order valence-electron chi connectivity index (χ4n) is 1.81. The second-order valence-corrected chi connectivity index (χ2v) is 6.54. The molecule has 1 rings (SSSR count). The predicted molar refractivity (Wildman–Crippen MR) is 82.4 cm³/mol. The minimum Gasteiger partial charge on any atom is -0.326 e. The molecule has 1 amide bonds. The molecule has 1 aromatic rings. The smallest absolute Gasteiger partial charge is 0.232 e. The van der Waals surface area contributed by atoms with Gasteiger partial charge in [0.2, 0.25) is 15.9 Å². The van der Waals surface area contributed by atoms with Crippen LogP contribution in [0.5, 0.6) is 0 Å². The number of hydrogen-bond acceptors (Lipinski definition) is 3. The van der Waals surface area contributed by atoms with Crippen molar-refractivity contribution in [1.29, 1.82) is 0 Å². The van der Waals surface area contributed by atoms with Crippen LogP contribution in [0.3, 0.4) is 0 Å². The topological polar surface area (TPSA) is 75.3 Å². The lowest BCUT2D eigenvalue weighted by atomic mass is 10.1. The molecule has 0 radical (unpaired) electrons. The average Bonchev–Trinajstić information content (AvgIpc) is 2.34. The molecule has 20 heavy (non-hydrogen) atoms. The highest BCUT2D eigenvalue weighted by molar-refractivity contribution is 7.92. The first-order chi connectivity index (χ1) is 9.39. The Kier molecular flexibility index (Phi) is 6.01. The molecule has 5 nitrogen and oxygen atoms in total. The van der Waals surface area contributed by atoms with Gasteiger partial charge in [-0.3, -0.25) is 9.52 Å². The maximum Gasteiger partial charge on any atom is 0.232 e. The van der Waals surface area contributed by atoms with Crippen LogP contribution in [0.1, 0.15) is 38.7 Å². The van der Waals surface area contributed by atoms with Crippen LogP contribution in [0.25, 0.3) is 0 Å². The number of anilines is 2. The first kappa shape index (κ1) is 16.5. The molecule has 0 saturated carbocycles. The van der Waals surface area contributed by atoms with E-state index in [9.17, 15) is 13.2 Å². The van der Waals surface area contributed by atoms with Gasteiger partial charge in [0, 0.05) is 12.1 Å². The minimum atomic E-state index is -3.33. The molecule has 0 bridgehead atoms. The van der Waals surface area contributed by atoms with Crippen molar-refractivity contribution in [2.45, 2.75) is 40.0 Å². The van der Waals surface area contributed by atoms with Crippen LogP contribution < -0.4 is 10.0 Å². The molecular formula is C14H22N2O3S. The fourth-order valence-corrected chi connectivity index (χ4v) is 3.00. The molecule has 0 spiro atoms. The molecule has 0 unspecified atom stereocenters. The van der Waals surface area contributed by atoms with Gasteiger partial charge in [-0.25, -0.2) is 8.42 Å². The Hall–Kier alpha value is -1.56. The van der Waals surface area contributed by atoms with Crippen molar-refractivity contribution in [3.05, 3.63) is 23.8 Å². The van der Waals surface area contributed by atoms with Crippen LogP contribution in [-0.4, -0.2) is 20.1 Å². The van der Waals surface area contributed by atoms with Gasteiger partial charge < -0.3 is 5.32 Å². The van der Waals surface area contributed by atoms with E-state index in [0.29, 0.717) is 24.2 Å². The highest BCUT2D eigenvalue weighted by Crippen LogP contribution is 2.24. The summed E-state index contributed by atoms with van der Waals surface area (Å²) in [6.07, 6.45) is 1.78. The molecule has 0 aliphatic rings. The monoisotopic (exact) mass is 298 g/mol. The largest absolute Gasteiger partial charge is 0.326 e. The summed E-state index contributed by atoms with van der Waals surface area (Å²) in [5.74, 6) is 0.0166. The third kappa shape index (κ3) is 4.85. The Morgan fingerprint density at radius 2 is 1.80 bits per heavy atom. The molecule has 2 N–H and O–H groups in total. The number of benzene rings is 1. The van der Waals surface area contributed by atoms with E-state index in [2.05, 4.69) is 10.0 Å². The van der Waals surface area contributed by atoms with Crippen molar-refractivity contribution in [3.8, 4) is 0 Å². The van der Waals surface area contributed by atoms with Crippen LogP contribution in [0.2, 0.25) is 0 Å². The van der Waals surface area contributed by atoms with Crippen molar-refractivity contribution in [3.63, 3.8) is 0 Å². The molecule has 0 aliphatic carbocycles. The zero-order chi connectivity index (χ0) is 15.2. The van der Waals surface area contributed by atoms with E-state index in [4.69, 9.17) is 0 Å². The SMILES string of the molecule is CCCC(=O)Nc1cccc(NS(=O)(=O)CCC)c1C. The number of sulfonamides is 1. The van der Waals surface area contributed by atoms with Crippen molar-refractivity contribution < 1.29 is 13.2 Å². The molecule has 0 saturated heterocycles. The Balaban J connectivity index is 2.93. The molecule has 0 fully saturated rings. The van der Waals surface area contributed by atoms with E-state index in [1.165, 1.54) is 0 Å². The van der Waals surface area contributed by atoms with Gasteiger partial charge in [-0.15, -0.1) is 0 Å². The maximum absolute atomic E-state index is 11.8. The first-order valence-electron chi connectivity index (χ1n) is 6.79. The minimum absolute atomic E-state index is 0.0656. The van der Waals surface area contributed by atoms with Crippen LogP contribution in [-0.2, 0) is 14.8 Å². The zero-order valence-corrected chi connectivity index (χ0v) is 13.0. The lowest BCUT2D eigenvalue weighted by Gasteiger charge is -2.14. The molecule has 0 aliphatic heterocycles. The van der Waals surface area contributed by atoms with Gasteiger partial charge in [0.15, 0.2) is 0 Å². The van der Waals surface area contributed by atoms with Gasteiger partial charge >= 0.3 is 0 Å². The first-order valence-corrected chi connectivity index (χ1v) is 8.44. The maximum atomic E-state index is 11.8. The second-order valence-electron chi connectivity index (χ2n) is 4.70. The summed E-state index contributed by atoms with van der Waals surface area (Å²) < 4.78 is 26.1. The van der Waals surface area contributed by atoms with Gasteiger partial charge in [-0.2, -0.15) is 0 Å². The summed E-state index contributed by atoms with van der Waals surface area (Å²) >= 11 is 0. The molecule has 112 valence electrons. The van der Waals surface area contributed by atoms with E-state index < -0.39 is 10.0 Å². The van der Waals surface area contributed by atoms with Gasteiger partial charge in [0.25, 0.3) is 0 Å². The number of rotatable bonds is 7. The van der Waals surface area contributed by atoms with Gasteiger partial charge in [-0.05, 0) is 37.5 Å². The summed E-state index contributed by atoms with van der Waals surface area (Å²) in [5, 5.41) is 2.80. The molecule has 6 heteroatoms. The standard InChI is InChI=1S/C14H22N2O3S/c1-4-7-14(17)15-12-8-6-9-13(11(12)3)16-20(18,19)10-5-2/h6,8-9,16H,4-5,7,10H2,1-3H3,(H,15,17). The van der Waals surface area contributed by atoms with Crippen LogP contribution in [0, 0.1) is 6.92 Å². The molecule has 0 atom stereocenters. The number of hydrogen-bond donors (Lipinski definition) is 2. The summed E-state index contributed by atoms with van der Waals surface area (Å²) in [6.45, 7) is 5.53. The van der Waals surface area contributed by atoms with Gasteiger partial charge in [0.05, 0.1) is 11.4 Å². The highest BCUT2D eigenvalue weighted by Gasteiger charge is 2.12. The van der Waals surface area contributed by atoms with Gasteiger partial charge in [-0.1, -0.05) is 19.9 Å². The van der Waals surface area contributed by atoms with Crippen LogP contribution in [0.15, 0.2) is 18.2 Å². The van der Waals surface area contributed by atoms with E-state index in [0.717, 1.165) is 12.0 Å². The quantitative estimate of drug-likeness (QED) is 0.812.